The molecule has 0 radical (unpaired) electrons. The van der Waals surface area contributed by atoms with Crippen LogP contribution in [-0.2, 0) is 6.54 Å². The molecule has 0 aliphatic carbocycles. The number of furan rings is 1. The third-order valence-electron chi connectivity index (χ3n) is 2.86. The topological polar surface area (TPSA) is 62.5 Å². The van der Waals surface area contributed by atoms with Crippen molar-refractivity contribution in [3.63, 3.8) is 0 Å². The molecule has 2 heterocycles. The Morgan fingerprint density at radius 2 is 2.53 bits per heavy atom. The fraction of sp³-hybridized carbons (Fsp3) is 0.583. The predicted molar refractivity (Wildman–Crippen MR) is 67.6 cm³/mol. The van der Waals surface area contributed by atoms with Crippen LogP contribution in [0.1, 0.15) is 34.7 Å². The second-order valence-electron chi connectivity index (χ2n) is 4.30. The molecule has 0 spiro atoms. The van der Waals surface area contributed by atoms with Gasteiger partial charge in [0.05, 0.1) is 6.54 Å². The highest BCUT2D eigenvalue weighted by atomic mass is 32.2. The zero-order chi connectivity index (χ0) is 12.3. The molecule has 1 aromatic heterocycles. The minimum Gasteiger partial charge on any atom is -0.475 e. The highest BCUT2D eigenvalue weighted by Crippen LogP contribution is 2.25. The maximum atomic E-state index is 10.8. The SMILES string of the molecule is Cc1cc(CNCC2CCCS2)oc1C(=O)O. The van der Waals surface area contributed by atoms with Gasteiger partial charge in [0.1, 0.15) is 5.76 Å². The van der Waals surface area contributed by atoms with Crippen molar-refractivity contribution in [2.45, 2.75) is 31.6 Å². The molecule has 1 fully saturated rings. The molecule has 5 heteroatoms. The summed E-state index contributed by atoms with van der Waals surface area (Å²) in [7, 11) is 0. The first-order chi connectivity index (χ1) is 8.16. The molecule has 2 N–H and O–H groups in total. The number of aryl methyl sites for hydroxylation is 1. The van der Waals surface area contributed by atoms with Crippen molar-refractivity contribution in [1.29, 1.82) is 0 Å². The number of hydrogen-bond donors (Lipinski definition) is 2. The lowest BCUT2D eigenvalue weighted by Gasteiger charge is -2.08. The van der Waals surface area contributed by atoms with Crippen LogP contribution in [0.15, 0.2) is 10.5 Å². The van der Waals surface area contributed by atoms with Crippen molar-refractivity contribution in [3.8, 4) is 0 Å². The average Bonchev–Trinajstić information content (AvgIpc) is 2.88. The molecular weight excluding hydrogens is 238 g/mol. The van der Waals surface area contributed by atoms with Gasteiger partial charge in [0.15, 0.2) is 0 Å². The third-order valence-corrected chi connectivity index (χ3v) is 4.26. The molecule has 0 aromatic carbocycles. The van der Waals surface area contributed by atoms with E-state index in [2.05, 4.69) is 5.32 Å². The van der Waals surface area contributed by atoms with Crippen molar-refractivity contribution >= 4 is 17.7 Å². The molecule has 94 valence electrons. The fourth-order valence-electron chi connectivity index (χ4n) is 2.01. The molecular formula is C12H17NO3S. The van der Waals surface area contributed by atoms with Crippen LogP contribution in [0.2, 0.25) is 0 Å². The number of rotatable bonds is 5. The molecule has 1 atom stereocenters. The standard InChI is InChI=1S/C12H17NO3S/c1-8-5-9(16-11(8)12(14)15)6-13-7-10-3-2-4-17-10/h5,10,13H,2-4,6-7H2,1H3,(H,14,15). The first-order valence-corrected chi connectivity index (χ1v) is 6.86. The highest BCUT2D eigenvalue weighted by Gasteiger charge is 2.16. The maximum Gasteiger partial charge on any atom is 0.372 e. The summed E-state index contributed by atoms with van der Waals surface area (Å²) in [5, 5.41) is 12.9. The van der Waals surface area contributed by atoms with E-state index in [4.69, 9.17) is 9.52 Å². The Labute approximate surface area is 105 Å². The Morgan fingerprint density at radius 1 is 1.71 bits per heavy atom. The summed E-state index contributed by atoms with van der Waals surface area (Å²) in [4.78, 5) is 10.8. The molecule has 1 aliphatic rings. The summed E-state index contributed by atoms with van der Waals surface area (Å²) in [5.74, 6) is 1.01. The maximum absolute atomic E-state index is 10.8. The number of nitrogens with one attached hydrogen (secondary N) is 1. The first-order valence-electron chi connectivity index (χ1n) is 5.81. The smallest absolute Gasteiger partial charge is 0.372 e. The third kappa shape index (κ3) is 3.26. The number of thioether (sulfide) groups is 1. The molecule has 17 heavy (non-hydrogen) atoms. The van der Waals surface area contributed by atoms with E-state index in [1.165, 1.54) is 18.6 Å². The van der Waals surface area contributed by atoms with Gasteiger partial charge in [-0.3, -0.25) is 0 Å². The number of hydrogen-bond acceptors (Lipinski definition) is 4. The van der Waals surface area contributed by atoms with Crippen molar-refractivity contribution < 1.29 is 14.3 Å². The van der Waals surface area contributed by atoms with Crippen LogP contribution in [0.25, 0.3) is 0 Å². The van der Waals surface area contributed by atoms with Gasteiger partial charge in [-0.25, -0.2) is 4.79 Å². The van der Waals surface area contributed by atoms with Gasteiger partial charge >= 0.3 is 5.97 Å². The van der Waals surface area contributed by atoms with Crippen molar-refractivity contribution in [1.82, 2.24) is 5.32 Å². The van der Waals surface area contributed by atoms with Crippen molar-refractivity contribution in [3.05, 3.63) is 23.2 Å². The van der Waals surface area contributed by atoms with Gasteiger partial charge in [-0.15, -0.1) is 0 Å². The molecule has 4 nitrogen and oxygen atoms in total. The van der Waals surface area contributed by atoms with E-state index < -0.39 is 5.97 Å². The number of carbonyl (C=O) groups is 1. The predicted octanol–water partition coefficient (Wildman–Crippen LogP) is 2.27. The largest absolute Gasteiger partial charge is 0.475 e. The van der Waals surface area contributed by atoms with Gasteiger partial charge in [-0.2, -0.15) is 11.8 Å². The van der Waals surface area contributed by atoms with Crippen LogP contribution >= 0.6 is 11.8 Å². The highest BCUT2D eigenvalue weighted by molar-refractivity contribution is 8.00. The summed E-state index contributed by atoms with van der Waals surface area (Å²) in [6, 6.07) is 1.79. The van der Waals surface area contributed by atoms with Crippen molar-refractivity contribution in [2.75, 3.05) is 12.3 Å². The van der Waals surface area contributed by atoms with Gasteiger partial charge < -0.3 is 14.8 Å². The van der Waals surface area contributed by atoms with E-state index >= 15 is 0 Å². The second-order valence-corrected chi connectivity index (χ2v) is 5.70. The molecule has 1 unspecified atom stereocenters. The molecule has 1 aromatic rings. The van der Waals surface area contributed by atoms with E-state index in [0.29, 0.717) is 23.1 Å². The average molecular weight is 255 g/mol. The summed E-state index contributed by atoms with van der Waals surface area (Å²) >= 11 is 2.00. The molecule has 1 saturated heterocycles. The van der Waals surface area contributed by atoms with E-state index in [0.717, 1.165) is 6.54 Å². The normalized spacial score (nSPS) is 19.7. The lowest BCUT2D eigenvalue weighted by atomic mass is 10.2. The van der Waals surface area contributed by atoms with Crippen LogP contribution in [-0.4, -0.2) is 28.6 Å². The van der Waals surface area contributed by atoms with E-state index in [1.807, 2.05) is 11.8 Å². The lowest BCUT2D eigenvalue weighted by molar-refractivity contribution is 0.0659. The molecule has 0 amide bonds. The van der Waals surface area contributed by atoms with Crippen molar-refractivity contribution in [2.24, 2.45) is 0 Å². The second kappa shape index (κ2) is 5.60. The van der Waals surface area contributed by atoms with Crippen LogP contribution in [0, 0.1) is 6.92 Å². The van der Waals surface area contributed by atoms with Crippen LogP contribution in [0.3, 0.4) is 0 Å². The van der Waals surface area contributed by atoms with Crippen LogP contribution in [0.5, 0.6) is 0 Å². The van der Waals surface area contributed by atoms with E-state index in [9.17, 15) is 4.79 Å². The van der Waals surface area contributed by atoms with Gasteiger partial charge in [0.2, 0.25) is 5.76 Å². The monoisotopic (exact) mass is 255 g/mol. The Hall–Kier alpha value is -0.940. The molecule has 1 aliphatic heterocycles. The minimum absolute atomic E-state index is 0.0528. The summed E-state index contributed by atoms with van der Waals surface area (Å²) in [5.41, 5.74) is 0.685. The summed E-state index contributed by atoms with van der Waals surface area (Å²) in [6.07, 6.45) is 2.58. The Balaban J connectivity index is 1.82. The minimum atomic E-state index is -1.000. The number of carboxylic acids is 1. The zero-order valence-electron chi connectivity index (χ0n) is 9.86. The Bertz CT molecular complexity index is 396. The number of carboxylic acid groups (broad SMARTS) is 1. The summed E-state index contributed by atoms with van der Waals surface area (Å²) < 4.78 is 5.27. The molecule has 0 bridgehead atoms. The van der Waals surface area contributed by atoms with Gasteiger partial charge in [-0.1, -0.05) is 0 Å². The molecule has 2 rings (SSSR count). The van der Waals surface area contributed by atoms with Crippen LogP contribution < -0.4 is 5.32 Å². The lowest BCUT2D eigenvalue weighted by Crippen LogP contribution is -2.22. The van der Waals surface area contributed by atoms with Gasteiger partial charge in [0, 0.05) is 17.4 Å². The number of aromatic carboxylic acids is 1. The Kier molecular flexibility index (Phi) is 4.12. The first kappa shape index (κ1) is 12.5. The molecule has 0 saturated carbocycles. The van der Waals surface area contributed by atoms with Gasteiger partial charge in [-0.05, 0) is 31.6 Å². The zero-order valence-corrected chi connectivity index (χ0v) is 10.7. The fourth-order valence-corrected chi connectivity index (χ4v) is 3.24. The van der Waals surface area contributed by atoms with Crippen LogP contribution in [0.4, 0.5) is 0 Å². The van der Waals surface area contributed by atoms with E-state index in [-0.39, 0.29) is 5.76 Å². The quantitative estimate of drug-likeness (QED) is 0.845. The Morgan fingerprint density at radius 3 is 3.12 bits per heavy atom. The summed E-state index contributed by atoms with van der Waals surface area (Å²) in [6.45, 7) is 3.32. The van der Waals surface area contributed by atoms with Gasteiger partial charge in [0.25, 0.3) is 0 Å². The van der Waals surface area contributed by atoms with E-state index in [1.54, 1.807) is 13.0 Å².